The summed E-state index contributed by atoms with van der Waals surface area (Å²) in [7, 11) is 0. The number of nitrogens with zero attached hydrogens (tertiary/aromatic N) is 3. The Morgan fingerprint density at radius 1 is 1.16 bits per heavy atom. The largest absolute Gasteiger partial charge is 0.489 e. The SMILES string of the molecule is C=CCOC(=O)C1=C(C)Nc2ncnn2C1c1ccc(OCc2ccc(C)cc2)cc1. The first kappa shape index (κ1) is 20.4. The van der Waals surface area contributed by atoms with E-state index in [0.29, 0.717) is 23.8 Å². The van der Waals surface area contributed by atoms with Gasteiger partial charge in [-0.25, -0.2) is 9.48 Å². The summed E-state index contributed by atoms with van der Waals surface area (Å²) >= 11 is 0. The van der Waals surface area contributed by atoms with Gasteiger partial charge in [0.15, 0.2) is 0 Å². The first-order valence-corrected chi connectivity index (χ1v) is 10.0. The molecule has 1 aliphatic rings. The van der Waals surface area contributed by atoms with Crippen molar-refractivity contribution >= 4 is 11.9 Å². The van der Waals surface area contributed by atoms with Crippen LogP contribution in [0.2, 0.25) is 0 Å². The van der Waals surface area contributed by atoms with E-state index in [1.54, 1.807) is 10.8 Å². The van der Waals surface area contributed by atoms with Gasteiger partial charge in [0.05, 0.1) is 5.57 Å². The van der Waals surface area contributed by atoms with Gasteiger partial charge in [-0.05, 0) is 37.1 Å². The van der Waals surface area contributed by atoms with Crippen LogP contribution in [0.1, 0.15) is 29.7 Å². The highest BCUT2D eigenvalue weighted by molar-refractivity contribution is 5.92. The van der Waals surface area contributed by atoms with Gasteiger partial charge in [-0.15, -0.1) is 0 Å². The standard InChI is InChI=1S/C24H24N4O3/c1-4-13-30-23(29)21-17(3)27-24-25-15-26-28(24)22(21)19-9-11-20(12-10-19)31-14-18-7-5-16(2)6-8-18/h4-12,15,22H,1,13-14H2,2-3H3,(H,25,26,27). The summed E-state index contributed by atoms with van der Waals surface area (Å²) in [4.78, 5) is 17.0. The van der Waals surface area contributed by atoms with Gasteiger partial charge in [0.25, 0.3) is 0 Å². The van der Waals surface area contributed by atoms with Crippen LogP contribution in [-0.4, -0.2) is 27.3 Å². The number of hydrogen-bond donors (Lipinski definition) is 1. The molecule has 0 spiro atoms. The molecule has 1 unspecified atom stereocenters. The summed E-state index contributed by atoms with van der Waals surface area (Å²) in [6.07, 6.45) is 3.00. The number of benzene rings is 2. The molecule has 3 aromatic rings. The lowest BCUT2D eigenvalue weighted by atomic mass is 9.96. The van der Waals surface area contributed by atoms with Gasteiger partial charge in [-0.3, -0.25) is 0 Å². The fourth-order valence-electron chi connectivity index (χ4n) is 3.47. The maximum Gasteiger partial charge on any atom is 0.338 e. The first-order valence-electron chi connectivity index (χ1n) is 10.0. The van der Waals surface area contributed by atoms with Crippen molar-refractivity contribution in [2.75, 3.05) is 11.9 Å². The molecule has 2 heterocycles. The minimum absolute atomic E-state index is 0.137. The monoisotopic (exact) mass is 416 g/mol. The third kappa shape index (κ3) is 4.35. The number of nitrogens with one attached hydrogen (secondary N) is 1. The number of aryl methyl sites for hydroxylation is 1. The topological polar surface area (TPSA) is 78.3 Å². The smallest absolute Gasteiger partial charge is 0.338 e. The molecule has 1 aliphatic heterocycles. The molecular formula is C24H24N4O3. The fourth-order valence-corrected chi connectivity index (χ4v) is 3.47. The van der Waals surface area contributed by atoms with Crippen LogP contribution in [0.3, 0.4) is 0 Å². The maximum atomic E-state index is 12.8. The Bertz CT molecular complexity index is 1110. The Kier molecular flexibility index (Phi) is 5.84. The van der Waals surface area contributed by atoms with Gasteiger partial charge < -0.3 is 14.8 Å². The van der Waals surface area contributed by atoms with Crippen LogP contribution in [0.25, 0.3) is 0 Å². The summed E-state index contributed by atoms with van der Waals surface area (Å²) in [5, 5.41) is 7.44. The van der Waals surface area contributed by atoms with Crippen molar-refractivity contribution in [1.29, 1.82) is 0 Å². The molecule has 0 saturated carbocycles. The van der Waals surface area contributed by atoms with Gasteiger partial charge in [0.1, 0.15) is 31.3 Å². The molecule has 0 fully saturated rings. The average Bonchev–Trinajstić information content (AvgIpc) is 3.24. The summed E-state index contributed by atoms with van der Waals surface area (Å²) in [5.41, 5.74) is 4.35. The molecule has 0 bridgehead atoms. The van der Waals surface area contributed by atoms with E-state index in [1.165, 1.54) is 11.9 Å². The summed E-state index contributed by atoms with van der Waals surface area (Å²) in [5.74, 6) is 0.895. The number of allylic oxidation sites excluding steroid dienone is 1. The van der Waals surface area contributed by atoms with E-state index in [1.807, 2.05) is 31.2 Å². The Morgan fingerprint density at radius 2 is 1.90 bits per heavy atom. The lowest BCUT2D eigenvalue weighted by Crippen LogP contribution is -2.29. The predicted molar refractivity (Wildman–Crippen MR) is 118 cm³/mol. The highest BCUT2D eigenvalue weighted by Gasteiger charge is 2.34. The number of esters is 1. The van der Waals surface area contributed by atoms with Crippen LogP contribution in [-0.2, 0) is 16.1 Å². The minimum atomic E-state index is -0.456. The number of carbonyl (C=O) groups is 1. The summed E-state index contributed by atoms with van der Waals surface area (Å²) in [6, 6.07) is 15.4. The molecule has 0 aliphatic carbocycles. The number of anilines is 1. The van der Waals surface area contributed by atoms with E-state index in [-0.39, 0.29) is 6.61 Å². The zero-order valence-electron chi connectivity index (χ0n) is 17.5. The molecule has 0 saturated heterocycles. The van der Waals surface area contributed by atoms with Crippen LogP contribution in [0.15, 0.2) is 78.8 Å². The molecule has 158 valence electrons. The van der Waals surface area contributed by atoms with Crippen LogP contribution in [0.4, 0.5) is 5.95 Å². The molecule has 1 N–H and O–H groups in total. The molecule has 1 atom stereocenters. The van der Waals surface area contributed by atoms with Crippen molar-refractivity contribution in [3.63, 3.8) is 0 Å². The lowest BCUT2D eigenvalue weighted by molar-refractivity contribution is -0.138. The van der Waals surface area contributed by atoms with Crippen molar-refractivity contribution in [2.24, 2.45) is 0 Å². The van der Waals surface area contributed by atoms with E-state index < -0.39 is 12.0 Å². The van der Waals surface area contributed by atoms with Crippen LogP contribution >= 0.6 is 0 Å². The number of fused-ring (bicyclic) bond motifs is 1. The number of ether oxygens (including phenoxy) is 2. The van der Waals surface area contributed by atoms with E-state index >= 15 is 0 Å². The highest BCUT2D eigenvalue weighted by atomic mass is 16.5. The van der Waals surface area contributed by atoms with Crippen LogP contribution in [0.5, 0.6) is 5.75 Å². The summed E-state index contributed by atoms with van der Waals surface area (Å²) < 4.78 is 12.9. The quantitative estimate of drug-likeness (QED) is 0.460. The third-order valence-electron chi connectivity index (χ3n) is 5.07. The second kappa shape index (κ2) is 8.87. The van der Waals surface area contributed by atoms with Gasteiger partial charge in [-0.1, -0.05) is 54.6 Å². The van der Waals surface area contributed by atoms with Crippen molar-refractivity contribution in [3.8, 4) is 5.75 Å². The summed E-state index contributed by atoms with van der Waals surface area (Å²) in [6.45, 7) is 8.11. The fraction of sp³-hybridized carbons (Fsp3) is 0.208. The second-order valence-corrected chi connectivity index (χ2v) is 7.32. The normalized spacial score (nSPS) is 15.1. The van der Waals surface area contributed by atoms with Crippen molar-refractivity contribution < 1.29 is 14.3 Å². The van der Waals surface area contributed by atoms with Gasteiger partial charge in [0, 0.05) is 5.70 Å². The molecule has 1 aromatic heterocycles. The molecule has 31 heavy (non-hydrogen) atoms. The van der Waals surface area contributed by atoms with E-state index in [0.717, 1.165) is 16.9 Å². The molecule has 7 heteroatoms. The number of carbonyl (C=O) groups excluding carboxylic acids is 1. The van der Waals surface area contributed by atoms with Crippen molar-refractivity contribution in [2.45, 2.75) is 26.5 Å². The first-order chi connectivity index (χ1) is 15.1. The zero-order valence-corrected chi connectivity index (χ0v) is 17.5. The second-order valence-electron chi connectivity index (χ2n) is 7.32. The van der Waals surface area contributed by atoms with Gasteiger partial charge in [-0.2, -0.15) is 10.1 Å². The van der Waals surface area contributed by atoms with Crippen molar-refractivity contribution in [1.82, 2.24) is 14.8 Å². The Balaban J connectivity index is 1.58. The Hall–Kier alpha value is -3.87. The molecular weight excluding hydrogens is 392 g/mol. The lowest BCUT2D eigenvalue weighted by Gasteiger charge is -2.28. The molecule has 0 amide bonds. The number of aromatic nitrogens is 3. The minimum Gasteiger partial charge on any atom is -0.489 e. The Labute approximate surface area is 181 Å². The third-order valence-corrected chi connectivity index (χ3v) is 5.07. The van der Waals surface area contributed by atoms with E-state index in [2.05, 4.69) is 53.2 Å². The van der Waals surface area contributed by atoms with Crippen LogP contribution in [0, 0.1) is 6.92 Å². The maximum absolute atomic E-state index is 12.8. The van der Waals surface area contributed by atoms with E-state index in [9.17, 15) is 4.79 Å². The van der Waals surface area contributed by atoms with Gasteiger partial charge >= 0.3 is 5.97 Å². The molecule has 2 aromatic carbocycles. The Morgan fingerprint density at radius 3 is 2.61 bits per heavy atom. The van der Waals surface area contributed by atoms with E-state index in [4.69, 9.17) is 9.47 Å². The molecule has 0 radical (unpaired) electrons. The number of hydrogen-bond acceptors (Lipinski definition) is 6. The number of rotatable bonds is 7. The predicted octanol–water partition coefficient (Wildman–Crippen LogP) is 4.18. The zero-order chi connectivity index (χ0) is 21.8. The van der Waals surface area contributed by atoms with Crippen molar-refractivity contribution in [3.05, 3.63) is 95.5 Å². The van der Waals surface area contributed by atoms with Gasteiger partial charge in [0.2, 0.25) is 5.95 Å². The highest BCUT2D eigenvalue weighted by Crippen LogP contribution is 2.35. The average molecular weight is 416 g/mol. The molecule has 4 rings (SSSR count). The van der Waals surface area contributed by atoms with Crippen LogP contribution < -0.4 is 10.1 Å². The molecule has 7 nitrogen and oxygen atoms in total.